The number of ether oxygens (including phenoxy) is 6. The third-order valence-electron chi connectivity index (χ3n) is 14.3. The van der Waals surface area contributed by atoms with Crippen molar-refractivity contribution in [1.82, 2.24) is 29.5 Å². The fourth-order valence-electron chi connectivity index (χ4n) is 10.3. The van der Waals surface area contributed by atoms with Gasteiger partial charge in [0.1, 0.15) is 53.5 Å². The molecule has 2 aromatic heterocycles. The summed E-state index contributed by atoms with van der Waals surface area (Å²) < 4.78 is 39.5. The summed E-state index contributed by atoms with van der Waals surface area (Å²) in [6, 6.07) is 29.1. The maximum Gasteiger partial charge on any atom is 0.411 e. The average molecular weight is 1360 g/mol. The van der Waals surface area contributed by atoms with Gasteiger partial charge in [-0.15, -0.1) is 0 Å². The highest BCUT2D eigenvalue weighted by molar-refractivity contribution is 5.99. The number of hydrogen-bond acceptors (Lipinski definition) is 21. The molecule has 520 valence electrons. The van der Waals surface area contributed by atoms with Crippen LogP contribution in [-0.4, -0.2) is 132 Å². The summed E-state index contributed by atoms with van der Waals surface area (Å²) in [5.74, 6) is 0.354. The van der Waals surface area contributed by atoms with Crippen LogP contribution in [0, 0.1) is 29.2 Å². The van der Waals surface area contributed by atoms with E-state index in [1.807, 2.05) is 118 Å². The molecule has 2 amide bonds. The van der Waals surface area contributed by atoms with E-state index in [-0.39, 0.29) is 77.9 Å². The quantitative estimate of drug-likeness (QED) is 0.0154. The van der Waals surface area contributed by atoms with E-state index < -0.39 is 29.2 Å². The van der Waals surface area contributed by atoms with E-state index in [1.54, 1.807) is 62.2 Å². The number of aromatic carboxylic acids is 1. The number of carbonyl (C=O) groups is 5. The molecule has 0 spiro atoms. The van der Waals surface area contributed by atoms with Crippen LogP contribution in [0.3, 0.4) is 0 Å². The number of fused-ring (bicyclic) bond motifs is 2. The molecule has 0 bridgehead atoms. The van der Waals surface area contributed by atoms with E-state index in [0.717, 1.165) is 46.2 Å². The minimum atomic E-state index is -1.05. The van der Waals surface area contributed by atoms with Gasteiger partial charge in [0, 0.05) is 41.2 Å². The van der Waals surface area contributed by atoms with E-state index in [0.29, 0.717) is 64.8 Å². The first-order valence-electron chi connectivity index (χ1n) is 31.3. The first-order chi connectivity index (χ1) is 46.8. The Kier molecular flexibility index (Phi) is 28.1. The third kappa shape index (κ3) is 21.8. The third-order valence-corrected chi connectivity index (χ3v) is 14.3. The highest BCUT2D eigenvalue weighted by atomic mass is 16.6. The summed E-state index contributed by atoms with van der Waals surface area (Å²) >= 11 is 0. The lowest BCUT2D eigenvalue weighted by atomic mass is 10.0. The Morgan fingerprint density at radius 1 is 0.758 bits per heavy atom. The van der Waals surface area contributed by atoms with Gasteiger partial charge in [0.25, 0.3) is 11.8 Å². The van der Waals surface area contributed by atoms with Crippen molar-refractivity contribution >= 4 is 47.7 Å². The van der Waals surface area contributed by atoms with Crippen LogP contribution in [0.15, 0.2) is 119 Å². The maximum absolute atomic E-state index is 13.1. The first kappa shape index (κ1) is 77.8. The van der Waals surface area contributed by atoms with Gasteiger partial charge in [-0.2, -0.15) is 25.1 Å². The number of amidine groups is 1. The number of benzene rings is 5. The lowest BCUT2D eigenvalue weighted by molar-refractivity contribution is -0.191. The molecule has 2 aliphatic rings. The first-order valence-corrected chi connectivity index (χ1v) is 31.3. The van der Waals surface area contributed by atoms with E-state index >= 15 is 0 Å². The Hall–Kier alpha value is -11.9. The van der Waals surface area contributed by atoms with Crippen LogP contribution in [0.25, 0.3) is 27.7 Å². The van der Waals surface area contributed by atoms with Gasteiger partial charge < -0.3 is 53.9 Å². The fourth-order valence-corrected chi connectivity index (χ4v) is 10.3. The van der Waals surface area contributed by atoms with Crippen LogP contribution in [0.1, 0.15) is 175 Å². The lowest BCUT2D eigenvalue weighted by Crippen LogP contribution is -2.41. The zero-order chi connectivity index (χ0) is 73.5. The number of nitrogens with zero attached hydrogens (tertiary/aromatic N) is 10. The number of nitrogens with two attached hydrogens (primary N) is 1. The van der Waals surface area contributed by atoms with Crippen LogP contribution in [0.4, 0.5) is 15.3 Å². The Morgan fingerprint density at radius 2 is 1.27 bits per heavy atom. The number of methoxy groups -OCH3 is 1. The van der Waals surface area contributed by atoms with Crippen molar-refractivity contribution in [2.24, 2.45) is 10.9 Å². The van der Waals surface area contributed by atoms with Gasteiger partial charge in [0.2, 0.25) is 11.5 Å². The van der Waals surface area contributed by atoms with Crippen molar-refractivity contribution in [3.05, 3.63) is 171 Å². The van der Waals surface area contributed by atoms with Crippen LogP contribution in [-0.2, 0) is 41.4 Å². The SMILES string of the molecule is CC(C)Oc1ccc(C(=O)O)cc1C#N.CC(C)Oc1ccc(C(=O)n2ccnc2)cc1C#N.CCN(C(=O)OC(C)(C)C)[C@H]1CCc2c(/C(N)=N\O)cccc21.O=C=O.[C-]#[N+]c1cc(-c2nc(-c3cccc4c3CC[C@@H]4N(CC(=O)OC)C(=O)OC(C)(C)C)no2)ccc1OC(C)C. The molecule has 0 saturated heterocycles. The highest BCUT2D eigenvalue weighted by Crippen LogP contribution is 2.42. The molecule has 27 nitrogen and oxygen atoms in total. The number of oxime groups is 1. The average Bonchev–Trinajstić information content (AvgIpc) is 1.67. The van der Waals surface area contributed by atoms with Crippen molar-refractivity contribution in [2.75, 3.05) is 20.2 Å². The van der Waals surface area contributed by atoms with Crippen molar-refractivity contribution in [3.8, 4) is 52.2 Å². The lowest BCUT2D eigenvalue weighted by Gasteiger charge is -2.31. The summed E-state index contributed by atoms with van der Waals surface area (Å²) in [4.78, 5) is 91.9. The molecule has 0 fully saturated rings. The predicted molar refractivity (Wildman–Crippen MR) is 360 cm³/mol. The van der Waals surface area contributed by atoms with E-state index in [2.05, 4.69) is 25.1 Å². The topological polar surface area (TPSA) is 369 Å². The molecule has 2 heterocycles. The summed E-state index contributed by atoms with van der Waals surface area (Å²) in [5.41, 5.74) is 12.0. The molecule has 4 N–H and O–H groups in total. The van der Waals surface area contributed by atoms with Gasteiger partial charge in [-0.3, -0.25) is 19.1 Å². The Morgan fingerprint density at radius 3 is 1.78 bits per heavy atom. The van der Waals surface area contributed by atoms with Gasteiger partial charge in [-0.05, 0) is 193 Å². The number of imidazole rings is 1. The summed E-state index contributed by atoms with van der Waals surface area (Å²) in [5, 5.41) is 42.9. The molecule has 0 unspecified atom stereocenters. The van der Waals surface area contributed by atoms with E-state index in [4.69, 9.17) is 75.7 Å². The Balaban J connectivity index is 0.000000252. The van der Waals surface area contributed by atoms with Crippen LogP contribution >= 0.6 is 0 Å². The fraction of sp³-hybridized carbons (Fsp3) is 0.375. The van der Waals surface area contributed by atoms with Gasteiger partial charge in [-0.25, -0.2) is 24.2 Å². The summed E-state index contributed by atoms with van der Waals surface area (Å²) in [6.07, 6.45) is 6.56. The van der Waals surface area contributed by atoms with Crippen molar-refractivity contribution in [3.63, 3.8) is 0 Å². The Labute approximate surface area is 574 Å². The van der Waals surface area contributed by atoms with Gasteiger partial charge >= 0.3 is 30.3 Å². The molecule has 9 rings (SSSR count). The normalized spacial score (nSPS) is 13.3. The van der Waals surface area contributed by atoms with Gasteiger partial charge in [0.05, 0.1) is 60.8 Å². The van der Waals surface area contributed by atoms with Gasteiger partial charge in [0.15, 0.2) is 5.84 Å². The number of carboxylic acids is 1. The Bertz CT molecular complexity index is 4180. The number of carbonyl (C=O) groups excluding carboxylic acids is 6. The molecule has 0 aliphatic heterocycles. The monoisotopic (exact) mass is 1360 g/mol. The molecule has 5 aromatic carbocycles. The van der Waals surface area contributed by atoms with Crippen LogP contribution in [0.2, 0.25) is 0 Å². The van der Waals surface area contributed by atoms with Crippen LogP contribution in [0.5, 0.6) is 17.2 Å². The molecule has 99 heavy (non-hydrogen) atoms. The summed E-state index contributed by atoms with van der Waals surface area (Å²) in [6.45, 7) is 31.9. The number of nitriles is 2. The second-order valence-electron chi connectivity index (χ2n) is 24.8. The van der Waals surface area contributed by atoms with Gasteiger partial charge in [-0.1, -0.05) is 46.7 Å². The molecular weight excluding hydrogens is 1270 g/mol. The van der Waals surface area contributed by atoms with Crippen molar-refractivity contribution in [1.29, 1.82) is 10.5 Å². The molecule has 7 aromatic rings. The molecular formula is C72H81N11O16. The minimum absolute atomic E-state index is 0.0256. The molecule has 2 aliphatic carbocycles. The number of esters is 1. The number of amides is 2. The van der Waals surface area contributed by atoms with E-state index in [1.165, 1.54) is 53.4 Å². The number of aromatic nitrogens is 4. The van der Waals surface area contributed by atoms with Crippen LogP contribution < -0.4 is 19.9 Å². The molecule has 0 saturated carbocycles. The standard InChI is InChI=1S/C29H32N4O6.C17H25N3O3.C14H13N3O2.C11H11NO3.CO2/c1-17(2)37-24-14-11-18(15-22(24)30-6)27-31-26(32-39-27)21-10-8-9-20-19(21)12-13-23(20)33(16-25(34)36-7)28(35)38-29(3,4)5;1-5-20(16(21)23-17(2,3)4)14-10-9-11-12(14)7-6-8-13(11)15(18)19-22;1-10(2)19-13-4-3-11(7-12(13)8-15)14(18)17-6-5-16-9-17;1-7(2)15-10-4-3-8(11(13)14)5-9(10)6-12;2-1-3/h8-11,14-15,17,23H,12-13,16H2,1-5,7H3;6-8,14,22H,5,9-10H2,1-4H3,(H2,18,19);3-7,9-10H,1-2H3;3-5,7H,1-2H3,(H,13,14);/t23-;14-;;;/m00.../s1. The maximum atomic E-state index is 13.1. The molecule has 2 atom stereocenters. The number of carboxylic acid groups (broad SMARTS) is 1. The van der Waals surface area contributed by atoms with Crippen molar-refractivity contribution < 1.29 is 76.8 Å². The number of hydrogen-bond donors (Lipinski definition) is 3. The minimum Gasteiger partial charge on any atom is -0.502 e. The second kappa shape index (κ2) is 35.7. The smallest absolute Gasteiger partial charge is 0.411 e. The summed E-state index contributed by atoms with van der Waals surface area (Å²) in [7, 11) is 1.29. The predicted octanol–water partition coefficient (Wildman–Crippen LogP) is 12.9. The zero-order valence-corrected chi connectivity index (χ0v) is 57.7. The zero-order valence-electron chi connectivity index (χ0n) is 57.7. The largest absolute Gasteiger partial charge is 0.502 e. The molecule has 0 radical (unpaired) electrons. The van der Waals surface area contributed by atoms with E-state index in [9.17, 15) is 24.0 Å². The van der Waals surface area contributed by atoms with Crippen molar-refractivity contribution in [2.45, 2.75) is 157 Å². The highest BCUT2D eigenvalue weighted by Gasteiger charge is 2.38. The second-order valence-corrected chi connectivity index (χ2v) is 24.8. The number of rotatable bonds is 16. The molecule has 27 heteroatoms.